The molecule has 1 heterocycles. The minimum atomic E-state index is -1.13. The van der Waals surface area contributed by atoms with Gasteiger partial charge in [-0.1, -0.05) is 33.1 Å². The van der Waals surface area contributed by atoms with Gasteiger partial charge in [0, 0.05) is 23.6 Å². The van der Waals surface area contributed by atoms with Gasteiger partial charge in [0.25, 0.3) is 5.91 Å². The summed E-state index contributed by atoms with van der Waals surface area (Å²) in [6, 6.07) is 5.77. The maximum absolute atomic E-state index is 14.0. The van der Waals surface area contributed by atoms with E-state index in [9.17, 15) is 22.4 Å². The van der Waals surface area contributed by atoms with E-state index in [2.05, 4.69) is 35.3 Å². The SMILES string of the molecule is CCCCC(C)C1C(/N=C(/NC(=O)c2ccc(F)c(F)c2)NC(C)C)NNC1c1cc(F)cc(F)c1. The van der Waals surface area contributed by atoms with E-state index in [1.807, 2.05) is 13.8 Å². The Balaban J connectivity index is 1.92. The number of carbonyl (C=O) groups is 1. The van der Waals surface area contributed by atoms with Crippen molar-refractivity contribution in [2.24, 2.45) is 16.8 Å². The van der Waals surface area contributed by atoms with Crippen molar-refractivity contribution in [3.05, 3.63) is 70.8 Å². The van der Waals surface area contributed by atoms with Crippen LogP contribution in [-0.4, -0.2) is 24.1 Å². The lowest BCUT2D eigenvalue weighted by Crippen LogP contribution is -2.46. The van der Waals surface area contributed by atoms with Crippen LogP contribution in [0.1, 0.15) is 68.9 Å². The summed E-state index contributed by atoms with van der Waals surface area (Å²) < 4.78 is 54.9. The summed E-state index contributed by atoms with van der Waals surface area (Å²) in [5.74, 6) is -4.13. The number of nitrogens with zero attached hydrogens (tertiary/aromatic N) is 1. The zero-order valence-electron chi connectivity index (χ0n) is 20.8. The van der Waals surface area contributed by atoms with Gasteiger partial charge >= 0.3 is 0 Å². The van der Waals surface area contributed by atoms with Crippen LogP contribution in [0.15, 0.2) is 41.4 Å². The maximum atomic E-state index is 14.0. The van der Waals surface area contributed by atoms with Gasteiger partial charge in [-0.05, 0) is 55.7 Å². The second-order valence-corrected chi connectivity index (χ2v) is 9.47. The lowest BCUT2D eigenvalue weighted by molar-refractivity contribution is 0.0974. The maximum Gasteiger partial charge on any atom is 0.258 e. The molecule has 1 amide bonds. The normalized spacial score (nSPS) is 21.0. The molecule has 0 spiro atoms. The molecule has 2 aromatic rings. The zero-order chi connectivity index (χ0) is 26.4. The number of hydrazine groups is 1. The molecule has 6 nitrogen and oxygen atoms in total. The van der Waals surface area contributed by atoms with Crippen LogP contribution >= 0.6 is 0 Å². The Kier molecular flexibility index (Phi) is 9.44. The van der Waals surface area contributed by atoms with Gasteiger partial charge in [0.05, 0.1) is 6.04 Å². The second kappa shape index (κ2) is 12.3. The summed E-state index contributed by atoms with van der Waals surface area (Å²) in [5.41, 5.74) is 6.61. The number of halogens is 4. The predicted octanol–water partition coefficient (Wildman–Crippen LogP) is 4.94. The van der Waals surface area contributed by atoms with Gasteiger partial charge in [0.1, 0.15) is 17.8 Å². The molecule has 0 aromatic heterocycles. The van der Waals surface area contributed by atoms with Crippen LogP contribution < -0.4 is 21.5 Å². The molecule has 1 aliphatic rings. The van der Waals surface area contributed by atoms with E-state index in [-0.39, 0.29) is 29.4 Å². The van der Waals surface area contributed by atoms with Crippen molar-refractivity contribution in [1.82, 2.24) is 21.5 Å². The Morgan fingerprint density at radius 2 is 1.69 bits per heavy atom. The minimum Gasteiger partial charge on any atom is -0.354 e. The fourth-order valence-corrected chi connectivity index (χ4v) is 4.42. The van der Waals surface area contributed by atoms with Crippen LogP contribution in [0.5, 0.6) is 0 Å². The second-order valence-electron chi connectivity index (χ2n) is 9.47. The number of aliphatic imine (C=N–C) groups is 1. The summed E-state index contributed by atoms with van der Waals surface area (Å²) in [6.45, 7) is 7.87. The third kappa shape index (κ3) is 7.04. The predicted molar refractivity (Wildman–Crippen MR) is 131 cm³/mol. The first-order chi connectivity index (χ1) is 17.1. The number of rotatable bonds is 8. The standard InChI is InChI=1S/C26H33F4N5O/c1-5-6-7-15(4)22-23(17-10-18(27)13-19(28)11-17)34-35-24(22)32-26(31-14(2)3)33-25(36)16-8-9-20(29)21(30)12-16/h8-15,22-24,34-35H,5-7H2,1-4H3,(H2,31,32,33,36). The van der Waals surface area contributed by atoms with Gasteiger partial charge in [0.2, 0.25) is 0 Å². The molecule has 3 rings (SSSR count). The van der Waals surface area contributed by atoms with Crippen molar-refractivity contribution in [2.45, 2.75) is 65.2 Å². The summed E-state index contributed by atoms with van der Waals surface area (Å²) in [4.78, 5) is 17.4. The Bertz CT molecular complexity index is 1070. The highest BCUT2D eigenvalue weighted by molar-refractivity contribution is 6.05. The fourth-order valence-electron chi connectivity index (χ4n) is 4.42. The van der Waals surface area contributed by atoms with Gasteiger partial charge < -0.3 is 5.32 Å². The Labute approximate surface area is 208 Å². The van der Waals surface area contributed by atoms with Crippen molar-refractivity contribution in [2.75, 3.05) is 0 Å². The van der Waals surface area contributed by atoms with E-state index in [4.69, 9.17) is 4.99 Å². The molecular weight excluding hydrogens is 474 g/mol. The number of carbonyl (C=O) groups excluding carboxylic acids is 1. The van der Waals surface area contributed by atoms with Crippen LogP contribution in [0.2, 0.25) is 0 Å². The molecule has 36 heavy (non-hydrogen) atoms. The highest BCUT2D eigenvalue weighted by Crippen LogP contribution is 2.37. The molecule has 2 aromatic carbocycles. The first-order valence-corrected chi connectivity index (χ1v) is 12.2. The van der Waals surface area contributed by atoms with E-state index >= 15 is 0 Å². The van der Waals surface area contributed by atoms with E-state index in [0.29, 0.717) is 5.56 Å². The largest absolute Gasteiger partial charge is 0.354 e. The van der Waals surface area contributed by atoms with Crippen molar-refractivity contribution in [1.29, 1.82) is 0 Å². The minimum absolute atomic E-state index is 0.0642. The molecule has 0 saturated carbocycles. The topological polar surface area (TPSA) is 77.5 Å². The van der Waals surface area contributed by atoms with Crippen LogP contribution in [0, 0.1) is 35.1 Å². The third-order valence-corrected chi connectivity index (χ3v) is 6.16. The lowest BCUT2D eigenvalue weighted by Gasteiger charge is -2.28. The summed E-state index contributed by atoms with van der Waals surface area (Å²) in [6.07, 6.45) is 2.29. The molecule has 1 fully saturated rings. The Morgan fingerprint density at radius 1 is 1.00 bits per heavy atom. The Hall–Kier alpha value is -2.98. The van der Waals surface area contributed by atoms with Crippen molar-refractivity contribution in [3.8, 4) is 0 Å². The fraction of sp³-hybridized carbons (Fsp3) is 0.462. The van der Waals surface area contributed by atoms with E-state index in [1.54, 1.807) is 0 Å². The molecule has 0 aliphatic carbocycles. The summed E-state index contributed by atoms with van der Waals surface area (Å²) in [5, 5.41) is 5.71. The number of hydrogen-bond acceptors (Lipinski definition) is 4. The quantitative estimate of drug-likeness (QED) is 0.232. The molecule has 196 valence electrons. The van der Waals surface area contributed by atoms with Crippen LogP contribution in [0.25, 0.3) is 0 Å². The van der Waals surface area contributed by atoms with Gasteiger partial charge in [0.15, 0.2) is 17.6 Å². The molecule has 4 unspecified atom stereocenters. The average Bonchev–Trinajstić information content (AvgIpc) is 3.21. The number of amides is 1. The highest BCUT2D eigenvalue weighted by atomic mass is 19.2. The molecule has 4 atom stereocenters. The molecule has 0 radical (unpaired) electrons. The Morgan fingerprint density at radius 3 is 2.31 bits per heavy atom. The molecule has 1 aliphatic heterocycles. The first-order valence-electron chi connectivity index (χ1n) is 12.2. The lowest BCUT2D eigenvalue weighted by atomic mass is 9.80. The molecule has 0 bridgehead atoms. The number of nitrogens with one attached hydrogen (secondary N) is 4. The van der Waals surface area contributed by atoms with Crippen LogP contribution in [0.4, 0.5) is 17.6 Å². The van der Waals surface area contributed by atoms with Gasteiger partial charge in [-0.25, -0.2) is 33.4 Å². The zero-order valence-corrected chi connectivity index (χ0v) is 20.8. The molecule has 4 N–H and O–H groups in total. The molecule has 1 saturated heterocycles. The molecule has 10 heteroatoms. The third-order valence-electron chi connectivity index (χ3n) is 6.16. The molecular formula is C26H33F4N5O. The van der Waals surface area contributed by atoms with E-state index < -0.39 is 41.4 Å². The monoisotopic (exact) mass is 507 g/mol. The summed E-state index contributed by atoms with van der Waals surface area (Å²) in [7, 11) is 0. The average molecular weight is 508 g/mol. The van der Waals surface area contributed by atoms with Gasteiger partial charge in [-0.15, -0.1) is 0 Å². The van der Waals surface area contributed by atoms with Gasteiger partial charge in [-0.3, -0.25) is 10.1 Å². The number of hydrogen-bond donors (Lipinski definition) is 4. The van der Waals surface area contributed by atoms with Gasteiger partial charge in [-0.2, -0.15) is 0 Å². The van der Waals surface area contributed by atoms with E-state index in [1.165, 1.54) is 18.2 Å². The number of unbranched alkanes of at least 4 members (excludes halogenated alkanes) is 1. The smallest absolute Gasteiger partial charge is 0.258 e. The number of guanidine groups is 1. The first kappa shape index (κ1) is 27.6. The van der Waals surface area contributed by atoms with Crippen molar-refractivity contribution in [3.63, 3.8) is 0 Å². The van der Waals surface area contributed by atoms with E-state index in [0.717, 1.165) is 37.5 Å². The highest BCUT2D eigenvalue weighted by Gasteiger charge is 2.40. The van der Waals surface area contributed by atoms with Crippen LogP contribution in [-0.2, 0) is 0 Å². The van der Waals surface area contributed by atoms with Crippen molar-refractivity contribution >= 4 is 11.9 Å². The summed E-state index contributed by atoms with van der Waals surface area (Å²) >= 11 is 0. The van der Waals surface area contributed by atoms with Crippen LogP contribution in [0.3, 0.4) is 0 Å². The number of benzene rings is 2. The van der Waals surface area contributed by atoms with Crippen molar-refractivity contribution < 1.29 is 22.4 Å².